The van der Waals surface area contributed by atoms with Crippen LogP contribution in [-0.2, 0) is 16.6 Å². The molecule has 1 unspecified atom stereocenters. The van der Waals surface area contributed by atoms with Crippen LogP contribution in [0.3, 0.4) is 0 Å². The first kappa shape index (κ1) is 16.6. The maximum Gasteiger partial charge on any atom is 0.242 e. The molecule has 0 aliphatic heterocycles. The average Bonchev–Trinajstić information content (AvgIpc) is 3.05. The zero-order valence-electron chi connectivity index (χ0n) is 12.3. The lowest BCUT2D eigenvalue weighted by Gasteiger charge is -2.12. The Morgan fingerprint density at radius 1 is 1.38 bits per heavy atom. The highest BCUT2D eigenvalue weighted by molar-refractivity contribution is 7.89. The molecule has 0 spiro atoms. The largest absolute Gasteiger partial charge is 0.312 e. The van der Waals surface area contributed by atoms with Crippen molar-refractivity contribution in [1.82, 2.24) is 10.0 Å². The predicted octanol–water partition coefficient (Wildman–Crippen LogP) is 3.27. The van der Waals surface area contributed by atoms with Crippen molar-refractivity contribution >= 4 is 32.7 Å². The standard InChI is InChI=1S/C14H20N2O2S3/c1-4-15-9-12-8-14(11(3)20-12)21(17,18)16-10(2)13-6-5-7-19-13/h5-8,10,15-16H,4,9H2,1-3H3. The van der Waals surface area contributed by atoms with Crippen molar-refractivity contribution < 1.29 is 8.42 Å². The van der Waals surface area contributed by atoms with Gasteiger partial charge < -0.3 is 5.32 Å². The van der Waals surface area contributed by atoms with Crippen LogP contribution in [0.25, 0.3) is 0 Å². The monoisotopic (exact) mass is 344 g/mol. The molecule has 0 amide bonds. The van der Waals surface area contributed by atoms with Crippen LogP contribution in [0.1, 0.15) is 34.5 Å². The molecule has 2 N–H and O–H groups in total. The number of hydrogen-bond acceptors (Lipinski definition) is 5. The van der Waals surface area contributed by atoms with E-state index < -0.39 is 10.0 Å². The highest BCUT2D eigenvalue weighted by Gasteiger charge is 2.22. The number of rotatable bonds is 7. The molecule has 1 atom stereocenters. The van der Waals surface area contributed by atoms with Gasteiger partial charge in [-0.25, -0.2) is 13.1 Å². The molecular weight excluding hydrogens is 324 g/mol. The predicted molar refractivity (Wildman–Crippen MR) is 89.5 cm³/mol. The van der Waals surface area contributed by atoms with Crippen molar-refractivity contribution in [2.24, 2.45) is 0 Å². The van der Waals surface area contributed by atoms with Gasteiger partial charge in [-0.2, -0.15) is 0 Å². The zero-order valence-corrected chi connectivity index (χ0v) is 14.8. The van der Waals surface area contributed by atoms with Gasteiger partial charge >= 0.3 is 0 Å². The van der Waals surface area contributed by atoms with Gasteiger partial charge in [0.15, 0.2) is 0 Å². The second-order valence-corrected chi connectivity index (χ2v) is 8.77. The molecule has 0 radical (unpaired) electrons. The van der Waals surface area contributed by atoms with E-state index in [1.54, 1.807) is 17.4 Å². The van der Waals surface area contributed by atoms with Crippen LogP contribution in [0.2, 0.25) is 0 Å². The van der Waals surface area contributed by atoms with Gasteiger partial charge in [-0.15, -0.1) is 22.7 Å². The zero-order chi connectivity index (χ0) is 15.5. The topological polar surface area (TPSA) is 58.2 Å². The highest BCUT2D eigenvalue weighted by atomic mass is 32.2. The lowest BCUT2D eigenvalue weighted by atomic mass is 10.3. The summed E-state index contributed by atoms with van der Waals surface area (Å²) in [6.45, 7) is 7.32. The number of aryl methyl sites for hydroxylation is 1. The lowest BCUT2D eigenvalue weighted by molar-refractivity contribution is 0.568. The van der Waals surface area contributed by atoms with Crippen LogP contribution in [0, 0.1) is 6.92 Å². The molecule has 0 aliphatic carbocycles. The van der Waals surface area contributed by atoms with Crippen LogP contribution >= 0.6 is 22.7 Å². The van der Waals surface area contributed by atoms with E-state index in [1.165, 1.54) is 11.3 Å². The minimum atomic E-state index is -3.48. The van der Waals surface area contributed by atoms with Crippen LogP contribution in [-0.4, -0.2) is 15.0 Å². The second kappa shape index (κ2) is 7.02. The molecule has 116 valence electrons. The maximum atomic E-state index is 12.5. The summed E-state index contributed by atoms with van der Waals surface area (Å²) in [6.07, 6.45) is 0. The fraction of sp³-hybridized carbons (Fsp3) is 0.429. The van der Waals surface area contributed by atoms with Crippen molar-refractivity contribution in [3.63, 3.8) is 0 Å². The summed E-state index contributed by atoms with van der Waals surface area (Å²) in [5.74, 6) is 0. The summed E-state index contributed by atoms with van der Waals surface area (Å²) in [5, 5.41) is 5.17. The third-order valence-electron chi connectivity index (χ3n) is 3.06. The van der Waals surface area contributed by atoms with E-state index in [-0.39, 0.29) is 6.04 Å². The van der Waals surface area contributed by atoms with Gasteiger partial charge in [0.2, 0.25) is 10.0 Å². The molecule has 2 heterocycles. The molecular formula is C14H20N2O2S3. The van der Waals surface area contributed by atoms with Gasteiger partial charge in [0.25, 0.3) is 0 Å². The maximum absolute atomic E-state index is 12.5. The summed E-state index contributed by atoms with van der Waals surface area (Å²) < 4.78 is 27.8. The molecule has 2 aromatic heterocycles. The molecule has 21 heavy (non-hydrogen) atoms. The Labute approximate surface area is 134 Å². The molecule has 0 saturated carbocycles. The van der Waals surface area contributed by atoms with E-state index in [1.807, 2.05) is 38.3 Å². The summed E-state index contributed by atoms with van der Waals surface area (Å²) in [4.78, 5) is 3.27. The number of hydrogen-bond donors (Lipinski definition) is 2. The van der Waals surface area contributed by atoms with Crippen LogP contribution in [0.4, 0.5) is 0 Å². The summed E-state index contributed by atoms with van der Waals surface area (Å²) >= 11 is 3.08. The van der Waals surface area contributed by atoms with Gasteiger partial charge in [-0.05, 0) is 37.9 Å². The lowest BCUT2D eigenvalue weighted by Crippen LogP contribution is -2.26. The molecule has 0 fully saturated rings. The third-order valence-corrected chi connectivity index (χ3v) is 6.97. The molecule has 0 aromatic carbocycles. The Hall–Kier alpha value is -0.730. The average molecular weight is 345 g/mol. The van der Waals surface area contributed by atoms with E-state index in [4.69, 9.17) is 0 Å². The summed E-state index contributed by atoms with van der Waals surface area (Å²) in [7, 11) is -3.48. The molecule has 2 rings (SSSR count). The normalized spacial score (nSPS) is 13.5. The molecule has 0 saturated heterocycles. The van der Waals surface area contributed by atoms with E-state index in [9.17, 15) is 8.42 Å². The number of nitrogens with one attached hydrogen (secondary N) is 2. The number of thiophene rings is 2. The Balaban J connectivity index is 2.17. The first-order chi connectivity index (χ1) is 9.94. The van der Waals surface area contributed by atoms with E-state index in [0.29, 0.717) is 11.4 Å². The summed E-state index contributed by atoms with van der Waals surface area (Å²) in [6, 6.07) is 5.42. The van der Waals surface area contributed by atoms with Crippen LogP contribution in [0.5, 0.6) is 0 Å². The van der Waals surface area contributed by atoms with E-state index >= 15 is 0 Å². The van der Waals surface area contributed by atoms with E-state index in [2.05, 4.69) is 10.0 Å². The van der Waals surface area contributed by atoms with Gasteiger partial charge in [0.1, 0.15) is 0 Å². The SMILES string of the molecule is CCNCc1cc(S(=O)(=O)NC(C)c2cccs2)c(C)s1. The minimum absolute atomic E-state index is 0.216. The molecule has 7 heteroatoms. The van der Waals surface area contributed by atoms with Gasteiger partial charge in [-0.1, -0.05) is 13.0 Å². The number of sulfonamides is 1. The van der Waals surface area contributed by atoms with Crippen LogP contribution < -0.4 is 10.0 Å². The Morgan fingerprint density at radius 2 is 2.14 bits per heavy atom. The van der Waals surface area contributed by atoms with Crippen molar-refractivity contribution in [1.29, 1.82) is 0 Å². The van der Waals surface area contributed by atoms with Crippen LogP contribution in [0.15, 0.2) is 28.5 Å². The van der Waals surface area contributed by atoms with Gasteiger partial charge in [0.05, 0.1) is 10.9 Å². The van der Waals surface area contributed by atoms with Crippen molar-refractivity contribution in [2.75, 3.05) is 6.54 Å². The smallest absolute Gasteiger partial charge is 0.242 e. The fourth-order valence-electron chi connectivity index (χ4n) is 2.02. The molecule has 0 aliphatic rings. The second-order valence-electron chi connectivity index (χ2n) is 4.77. The minimum Gasteiger partial charge on any atom is -0.312 e. The molecule has 0 bridgehead atoms. The fourth-order valence-corrected chi connectivity index (χ4v) is 5.66. The Kier molecular flexibility index (Phi) is 5.56. The quantitative estimate of drug-likeness (QED) is 0.810. The molecule has 2 aromatic rings. The third kappa shape index (κ3) is 4.14. The first-order valence-corrected chi connectivity index (χ1v) is 9.97. The Morgan fingerprint density at radius 3 is 2.76 bits per heavy atom. The van der Waals surface area contributed by atoms with E-state index in [0.717, 1.165) is 21.2 Å². The first-order valence-electron chi connectivity index (χ1n) is 6.79. The van der Waals surface area contributed by atoms with Crippen molar-refractivity contribution in [3.05, 3.63) is 38.2 Å². The van der Waals surface area contributed by atoms with Crippen molar-refractivity contribution in [3.8, 4) is 0 Å². The summed E-state index contributed by atoms with van der Waals surface area (Å²) in [5.41, 5.74) is 0. The Bertz CT molecular complexity index is 675. The van der Waals surface area contributed by atoms with Gasteiger partial charge in [0, 0.05) is 21.2 Å². The molecule has 4 nitrogen and oxygen atoms in total. The van der Waals surface area contributed by atoms with Gasteiger partial charge in [-0.3, -0.25) is 0 Å². The van der Waals surface area contributed by atoms with Crippen molar-refractivity contribution in [2.45, 2.75) is 38.3 Å². The highest BCUT2D eigenvalue weighted by Crippen LogP contribution is 2.27.